The molecular weight excluding hydrogens is 414 g/mol. The van der Waals surface area contributed by atoms with Crippen LogP contribution in [0.3, 0.4) is 0 Å². The van der Waals surface area contributed by atoms with Crippen molar-refractivity contribution in [3.8, 4) is 0 Å². The second kappa shape index (κ2) is 14.4. The first-order chi connectivity index (χ1) is 14.8. The third kappa shape index (κ3) is 11.7. The summed E-state index contributed by atoms with van der Waals surface area (Å²) < 4.78 is 0. The minimum Gasteiger partial charge on any atom is -0.354 e. The van der Waals surface area contributed by atoms with E-state index in [1.807, 2.05) is 34.6 Å². The van der Waals surface area contributed by atoms with Crippen LogP contribution >= 0.6 is 0 Å². The fourth-order valence-electron chi connectivity index (χ4n) is 2.95. The van der Waals surface area contributed by atoms with Gasteiger partial charge < -0.3 is 26.6 Å². The van der Waals surface area contributed by atoms with Gasteiger partial charge in [-0.2, -0.15) is 0 Å². The lowest BCUT2D eigenvalue weighted by Crippen LogP contribution is -2.62. The third-order valence-corrected chi connectivity index (χ3v) is 4.59. The third-order valence-electron chi connectivity index (χ3n) is 4.59. The fraction of sp³-hybridized carbons (Fsp3) is 0.773. The Hall–Kier alpha value is -2.65. The van der Waals surface area contributed by atoms with E-state index in [-0.39, 0.29) is 24.3 Å². The molecule has 10 heteroatoms. The molecule has 2 atom stereocenters. The highest BCUT2D eigenvalue weighted by Crippen LogP contribution is 2.11. The highest BCUT2D eigenvalue weighted by Gasteiger charge is 2.35. The zero-order valence-corrected chi connectivity index (χ0v) is 20.5. The topological polar surface area (TPSA) is 146 Å². The Balaban J connectivity index is 5.29. The first-order valence-electron chi connectivity index (χ1n) is 11.2. The number of carbonyl (C=O) groups excluding carboxylic acids is 5. The number of amides is 5. The molecule has 5 amide bonds. The lowest BCUT2D eigenvalue weighted by atomic mass is 9.98. The number of rotatable bonds is 15. The molecule has 0 aromatic heterocycles. The van der Waals surface area contributed by atoms with Gasteiger partial charge in [-0.3, -0.25) is 24.0 Å². The first kappa shape index (κ1) is 29.4. The molecule has 10 nitrogen and oxygen atoms in total. The van der Waals surface area contributed by atoms with Crippen LogP contribution in [0.2, 0.25) is 0 Å². The molecule has 0 aromatic rings. The van der Waals surface area contributed by atoms with Gasteiger partial charge in [-0.05, 0) is 44.9 Å². The lowest BCUT2D eigenvalue weighted by molar-refractivity contribution is -0.136. The summed E-state index contributed by atoms with van der Waals surface area (Å²) in [4.78, 5) is 60.6. The molecule has 0 aromatic carbocycles. The minimum atomic E-state index is -1.32. The van der Waals surface area contributed by atoms with E-state index in [9.17, 15) is 24.0 Å². The molecule has 32 heavy (non-hydrogen) atoms. The van der Waals surface area contributed by atoms with Crippen molar-refractivity contribution in [2.24, 2.45) is 11.8 Å². The Labute approximate surface area is 191 Å². The van der Waals surface area contributed by atoms with Crippen molar-refractivity contribution in [1.82, 2.24) is 26.6 Å². The molecule has 0 rings (SSSR count). The zero-order chi connectivity index (χ0) is 24.9. The van der Waals surface area contributed by atoms with Gasteiger partial charge in [-0.25, -0.2) is 0 Å². The van der Waals surface area contributed by atoms with Gasteiger partial charge in [0.15, 0.2) is 0 Å². The maximum atomic E-state index is 12.9. The molecular formula is C22H41N5O5. The van der Waals surface area contributed by atoms with Crippen LogP contribution in [0.4, 0.5) is 0 Å². The minimum absolute atomic E-state index is 0.0969. The summed E-state index contributed by atoms with van der Waals surface area (Å²) in [5, 5.41) is 13.1. The molecule has 0 aliphatic heterocycles. The molecule has 0 heterocycles. The second-order valence-electron chi connectivity index (χ2n) is 9.31. The van der Waals surface area contributed by atoms with Gasteiger partial charge in [0.1, 0.15) is 17.6 Å². The van der Waals surface area contributed by atoms with Gasteiger partial charge in [0.25, 0.3) is 0 Å². The highest BCUT2D eigenvalue weighted by atomic mass is 16.2. The van der Waals surface area contributed by atoms with E-state index in [0.29, 0.717) is 25.8 Å². The van der Waals surface area contributed by atoms with Crippen molar-refractivity contribution in [1.29, 1.82) is 0 Å². The van der Waals surface area contributed by atoms with Crippen LogP contribution < -0.4 is 26.6 Å². The van der Waals surface area contributed by atoms with Crippen molar-refractivity contribution in [3.05, 3.63) is 0 Å². The number of carbonyl (C=O) groups is 5. The molecule has 0 aliphatic carbocycles. The van der Waals surface area contributed by atoms with Gasteiger partial charge in [0.2, 0.25) is 30.0 Å². The van der Waals surface area contributed by atoms with Crippen molar-refractivity contribution < 1.29 is 24.0 Å². The van der Waals surface area contributed by atoms with Crippen LogP contribution in [-0.2, 0) is 24.0 Å². The maximum absolute atomic E-state index is 12.9. The van der Waals surface area contributed by atoms with E-state index in [4.69, 9.17) is 0 Å². The van der Waals surface area contributed by atoms with E-state index in [2.05, 4.69) is 26.6 Å². The Kier molecular flexibility index (Phi) is 13.2. The molecule has 0 radical (unpaired) electrons. The highest BCUT2D eigenvalue weighted by molar-refractivity contribution is 5.96. The zero-order valence-electron chi connectivity index (χ0n) is 20.5. The van der Waals surface area contributed by atoms with Gasteiger partial charge in [0.05, 0.1) is 6.54 Å². The van der Waals surface area contributed by atoms with Crippen LogP contribution in [0.25, 0.3) is 0 Å². The van der Waals surface area contributed by atoms with E-state index in [0.717, 1.165) is 6.42 Å². The van der Waals surface area contributed by atoms with Gasteiger partial charge in [-0.1, -0.05) is 34.6 Å². The lowest BCUT2D eigenvalue weighted by Gasteiger charge is -2.30. The predicted octanol–water partition coefficient (Wildman–Crippen LogP) is 0.215. The molecule has 0 spiro atoms. The monoisotopic (exact) mass is 455 g/mol. The standard InChI is InChI=1S/C22H41N5O5/c1-8-9-24-19(30)16(10-14(2)3)26-21(32)22(6,7)27-20(31)17(11-15(4)5)25-18(29)12-23-13-28/h13-17H,8-12H2,1-7H3,(H,23,28)(H,24,30)(H,25,29)(H,26,32)(H,27,31). The summed E-state index contributed by atoms with van der Waals surface area (Å²) in [5.74, 6) is -1.52. The fourth-order valence-corrected chi connectivity index (χ4v) is 2.95. The Morgan fingerprint density at radius 2 is 1.41 bits per heavy atom. The summed E-state index contributed by atoms with van der Waals surface area (Å²) >= 11 is 0. The van der Waals surface area contributed by atoms with Crippen molar-refractivity contribution in [2.75, 3.05) is 13.1 Å². The van der Waals surface area contributed by atoms with Crippen LogP contribution in [-0.4, -0.2) is 60.8 Å². The molecule has 5 N–H and O–H groups in total. The number of nitrogens with one attached hydrogen (secondary N) is 5. The largest absolute Gasteiger partial charge is 0.354 e. The summed E-state index contributed by atoms with van der Waals surface area (Å²) in [5.41, 5.74) is -1.32. The molecule has 0 saturated heterocycles. The van der Waals surface area contributed by atoms with E-state index in [1.54, 1.807) is 13.8 Å². The van der Waals surface area contributed by atoms with E-state index in [1.165, 1.54) is 0 Å². The van der Waals surface area contributed by atoms with Crippen molar-refractivity contribution in [2.45, 2.75) is 85.4 Å². The number of hydrogen-bond acceptors (Lipinski definition) is 5. The molecule has 0 saturated carbocycles. The van der Waals surface area contributed by atoms with Gasteiger partial charge in [-0.15, -0.1) is 0 Å². The summed E-state index contributed by atoms with van der Waals surface area (Å²) in [6, 6.07) is -1.59. The quantitative estimate of drug-likeness (QED) is 0.224. The van der Waals surface area contributed by atoms with Crippen LogP contribution in [0, 0.1) is 11.8 Å². The molecule has 0 bridgehead atoms. The average Bonchev–Trinajstić information content (AvgIpc) is 2.68. The van der Waals surface area contributed by atoms with E-state index >= 15 is 0 Å². The smallest absolute Gasteiger partial charge is 0.245 e. The van der Waals surface area contributed by atoms with Gasteiger partial charge >= 0.3 is 0 Å². The van der Waals surface area contributed by atoms with Crippen LogP contribution in [0.5, 0.6) is 0 Å². The molecule has 0 fully saturated rings. The SMILES string of the molecule is CCCNC(=O)C(CC(C)C)NC(=O)C(C)(C)NC(=O)C(CC(C)C)NC(=O)CNC=O. The summed E-state index contributed by atoms with van der Waals surface area (Å²) in [7, 11) is 0. The molecule has 184 valence electrons. The van der Waals surface area contributed by atoms with E-state index < -0.39 is 35.3 Å². The van der Waals surface area contributed by atoms with Crippen molar-refractivity contribution >= 4 is 30.0 Å². The maximum Gasteiger partial charge on any atom is 0.245 e. The van der Waals surface area contributed by atoms with Gasteiger partial charge in [0, 0.05) is 6.54 Å². The Morgan fingerprint density at radius 3 is 1.88 bits per heavy atom. The predicted molar refractivity (Wildman–Crippen MR) is 122 cm³/mol. The Bertz CT molecular complexity index is 649. The molecule has 2 unspecified atom stereocenters. The summed E-state index contributed by atoms with van der Waals surface area (Å²) in [6.45, 7) is 13.0. The van der Waals surface area contributed by atoms with Crippen LogP contribution in [0.1, 0.15) is 67.7 Å². The second-order valence-corrected chi connectivity index (χ2v) is 9.31. The summed E-state index contributed by atoms with van der Waals surface area (Å²) in [6.07, 6.45) is 1.99. The molecule has 0 aliphatic rings. The Morgan fingerprint density at radius 1 is 0.875 bits per heavy atom. The van der Waals surface area contributed by atoms with Crippen LogP contribution in [0.15, 0.2) is 0 Å². The number of hydrogen-bond donors (Lipinski definition) is 5. The normalized spacial score (nSPS) is 13.2. The first-order valence-corrected chi connectivity index (χ1v) is 11.2. The van der Waals surface area contributed by atoms with Crippen molar-refractivity contribution in [3.63, 3.8) is 0 Å². The average molecular weight is 456 g/mol.